The van der Waals surface area contributed by atoms with Crippen LogP contribution < -0.4 is 0 Å². The summed E-state index contributed by atoms with van der Waals surface area (Å²) in [4.78, 5) is 20.0. The third kappa shape index (κ3) is 4.37. The van der Waals surface area contributed by atoms with Gasteiger partial charge in [-0.25, -0.2) is 14.8 Å². The number of carboxylic acids is 1. The van der Waals surface area contributed by atoms with Crippen molar-refractivity contribution in [2.24, 2.45) is 5.92 Å². The Kier molecular flexibility index (Phi) is 6.07. The summed E-state index contributed by atoms with van der Waals surface area (Å²) in [5.41, 5.74) is 2.18. The topological polar surface area (TPSA) is 104 Å². The monoisotopic (exact) mass is 404 g/mol. The molecule has 0 amide bonds. The lowest BCUT2D eigenvalue weighted by Crippen LogP contribution is -2.44. The zero-order valence-electron chi connectivity index (χ0n) is 15.9. The van der Waals surface area contributed by atoms with Gasteiger partial charge >= 0.3 is 5.97 Å². The van der Waals surface area contributed by atoms with Crippen molar-refractivity contribution < 1.29 is 18.3 Å². The fourth-order valence-corrected chi connectivity index (χ4v) is 4.55. The van der Waals surface area contributed by atoms with Gasteiger partial charge in [0, 0.05) is 38.4 Å². The van der Waals surface area contributed by atoms with Crippen molar-refractivity contribution in [2.75, 3.05) is 27.2 Å². The summed E-state index contributed by atoms with van der Waals surface area (Å²) in [6, 6.07) is 8.58. The molecule has 28 heavy (non-hydrogen) atoms. The zero-order chi connectivity index (χ0) is 20.3. The summed E-state index contributed by atoms with van der Waals surface area (Å²) in [7, 11) is -0.286. The molecule has 1 aromatic carbocycles. The van der Waals surface area contributed by atoms with E-state index in [1.807, 2.05) is 6.07 Å². The van der Waals surface area contributed by atoms with Crippen LogP contribution in [0.4, 0.5) is 0 Å². The van der Waals surface area contributed by atoms with Crippen LogP contribution >= 0.6 is 0 Å². The van der Waals surface area contributed by atoms with E-state index >= 15 is 0 Å². The quantitative estimate of drug-likeness (QED) is 0.789. The molecule has 0 aliphatic carbocycles. The number of nitrogens with zero attached hydrogens (tertiary/aromatic N) is 4. The first-order valence-electron chi connectivity index (χ1n) is 9.10. The summed E-state index contributed by atoms with van der Waals surface area (Å²) in [6.07, 6.45) is 3.69. The van der Waals surface area contributed by atoms with Crippen molar-refractivity contribution in [1.29, 1.82) is 0 Å². The van der Waals surface area contributed by atoms with Crippen LogP contribution in [0, 0.1) is 5.92 Å². The molecule has 0 saturated carbocycles. The first-order chi connectivity index (χ1) is 13.3. The molecule has 1 aromatic heterocycles. The molecular weight excluding hydrogens is 380 g/mol. The number of carboxylic acid groups (broad SMARTS) is 1. The second-order valence-corrected chi connectivity index (χ2v) is 9.22. The van der Waals surface area contributed by atoms with Gasteiger partial charge in [-0.3, -0.25) is 0 Å². The normalized spacial score (nSPS) is 16.4. The predicted molar refractivity (Wildman–Crippen MR) is 105 cm³/mol. The fraction of sp³-hybridized carbons (Fsp3) is 0.421. The molecule has 0 unspecified atom stereocenters. The Bertz CT molecular complexity index is 954. The molecule has 1 N–H and O–H groups in total. The van der Waals surface area contributed by atoms with Crippen LogP contribution in [-0.4, -0.2) is 65.3 Å². The molecule has 2 aromatic rings. The van der Waals surface area contributed by atoms with Gasteiger partial charge in [0.15, 0.2) is 0 Å². The molecule has 0 radical (unpaired) electrons. The third-order valence-electron chi connectivity index (χ3n) is 5.02. The maximum absolute atomic E-state index is 12.2. The van der Waals surface area contributed by atoms with Crippen LogP contribution in [0.3, 0.4) is 0 Å². The number of hydrogen-bond donors (Lipinski definition) is 1. The van der Waals surface area contributed by atoms with Crippen molar-refractivity contribution in [3.05, 3.63) is 47.9 Å². The Morgan fingerprint density at radius 2 is 1.89 bits per heavy atom. The van der Waals surface area contributed by atoms with Crippen molar-refractivity contribution in [3.63, 3.8) is 0 Å². The number of carbonyl (C=O) groups is 1. The molecule has 1 fully saturated rings. The van der Waals surface area contributed by atoms with E-state index in [0.29, 0.717) is 36.7 Å². The molecule has 3 rings (SSSR count). The van der Waals surface area contributed by atoms with Crippen LogP contribution in [0.25, 0.3) is 11.3 Å². The van der Waals surface area contributed by atoms with Crippen LogP contribution in [0.5, 0.6) is 0 Å². The Labute approximate surface area is 165 Å². The Hall–Kier alpha value is -2.36. The smallest absolute Gasteiger partial charge is 0.336 e. The highest BCUT2D eigenvalue weighted by molar-refractivity contribution is 7.86. The minimum Gasteiger partial charge on any atom is -0.478 e. The standard InChI is InChI=1S/C19H24N4O4S/c1-22(2)28(26,27)23-9-7-14(8-10-23)11-15-12-18(21-13-20-15)16-5-3-4-6-17(16)19(24)25/h3-6,12-14H,7-11H2,1-2H3,(H,24,25). The summed E-state index contributed by atoms with van der Waals surface area (Å²) in [5, 5.41) is 9.39. The van der Waals surface area contributed by atoms with Gasteiger partial charge < -0.3 is 5.11 Å². The number of hydrogen-bond acceptors (Lipinski definition) is 5. The van der Waals surface area contributed by atoms with E-state index in [9.17, 15) is 18.3 Å². The predicted octanol–water partition coefficient (Wildman–Crippen LogP) is 1.90. The van der Waals surface area contributed by atoms with E-state index in [1.54, 1.807) is 38.4 Å². The van der Waals surface area contributed by atoms with Crippen LogP contribution in [-0.2, 0) is 16.6 Å². The molecule has 8 nitrogen and oxygen atoms in total. The van der Waals surface area contributed by atoms with E-state index in [2.05, 4.69) is 9.97 Å². The third-order valence-corrected chi connectivity index (χ3v) is 6.96. The second-order valence-electron chi connectivity index (χ2n) is 7.08. The zero-order valence-corrected chi connectivity index (χ0v) is 16.8. The van der Waals surface area contributed by atoms with Crippen LogP contribution in [0.2, 0.25) is 0 Å². The maximum atomic E-state index is 12.2. The Morgan fingerprint density at radius 3 is 2.54 bits per heavy atom. The van der Waals surface area contributed by atoms with E-state index in [0.717, 1.165) is 18.5 Å². The van der Waals surface area contributed by atoms with Crippen molar-refractivity contribution in [1.82, 2.24) is 18.6 Å². The second kappa shape index (κ2) is 8.34. The molecule has 1 aliphatic rings. The molecular formula is C19H24N4O4S. The molecule has 2 heterocycles. The van der Waals surface area contributed by atoms with Crippen molar-refractivity contribution in [3.8, 4) is 11.3 Å². The first-order valence-corrected chi connectivity index (χ1v) is 10.5. The van der Waals surface area contributed by atoms with Gasteiger partial charge in [-0.2, -0.15) is 17.0 Å². The lowest BCUT2D eigenvalue weighted by Gasteiger charge is -2.32. The van der Waals surface area contributed by atoms with Crippen molar-refractivity contribution in [2.45, 2.75) is 19.3 Å². The number of benzene rings is 1. The molecule has 0 bridgehead atoms. The SMILES string of the molecule is CN(C)S(=O)(=O)N1CCC(Cc2cc(-c3ccccc3C(=O)O)ncn2)CC1. The maximum Gasteiger partial charge on any atom is 0.336 e. The van der Waals surface area contributed by atoms with Gasteiger partial charge in [0.05, 0.1) is 11.3 Å². The van der Waals surface area contributed by atoms with E-state index in [-0.39, 0.29) is 5.56 Å². The number of piperidine rings is 1. The summed E-state index contributed by atoms with van der Waals surface area (Å²) in [6.45, 7) is 0.982. The highest BCUT2D eigenvalue weighted by atomic mass is 32.2. The molecule has 0 atom stereocenters. The average Bonchev–Trinajstić information content (AvgIpc) is 2.68. The molecule has 150 valence electrons. The van der Waals surface area contributed by atoms with Gasteiger partial charge in [0.2, 0.25) is 0 Å². The minimum absolute atomic E-state index is 0.203. The van der Waals surface area contributed by atoms with Gasteiger partial charge in [0.25, 0.3) is 10.2 Å². The summed E-state index contributed by atoms with van der Waals surface area (Å²) in [5.74, 6) is -0.670. The minimum atomic E-state index is -3.37. The van der Waals surface area contributed by atoms with Crippen molar-refractivity contribution >= 4 is 16.2 Å². The highest BCUT2D eigenvalue weighted by Crippen LogP contribution is 2.26. The molecule has 9 heteroatoms. The highest BCUT2D eigenvalue weighted by Gasteiger charge is 2.29. The van der Waals surface area contributed by atoms with E-state index < -0.39 is 16.2 Å². The molecule has 1 aliphatic heterocycles. The summed E-state index contributed by atoms with van der Waals surface area (Å²) >= 11 is 0. The van der Waals surface area contributed by atoms with Gasteiger partial charge in [-0.05, 0) is 37.3 Å². The molecule has 0 spiro atoms. The lowest BCUT2D eigenvalue weighted by molar-refractivity contribution is 0.0697. The van der Waals surface area contributed by atoms with Gasteiger partial charge in [-0.1, -0.05) is 18.2 Å². The van der Waals surface area contributed by atoms with Gasteiger partial charge in [-0.15, -0.1) is 0 Å². The van der Waals surface area contributed by atoms with Crippen LogP contribution in [0.1, 0.15) is 28.9 Å². The van der Waals surface area contributed by atoms with Crippen LogP contribution in [0.15, 0.2) is 36.7 Å². The lowest BCUT2D eigenvalue weighted by atomic mass is 9.92. The Balaban J connectivity index is 1.71. The number of aromatic nitrogens is 2. The fourth-order valence-electron chi connectivity index (χ4n) is 3.42. The number of aromatic carboxylic acids is 1. The van der Waals surface area contributed by atoms with E-state index in [4.69, 9.17) is 0 Å². The largest absolute Gasteiger partial charge is 0.478 e. The summed E-state index contributed by atoms with van der Waals surface area (Å²) < 4.78 is 27.2. The number of rotatable bonds is 6. The molecule has 1 saturated heterocycles. The van der Waals surface area contributed by atoms with E-state index in [1.165, 1.54) is 14.9 Å². The van der Waals surface area contributed by atoms with Gasteiger partial charge in [0.1, 0.15) is 6.33 Å². The average molecular weight is 404 g/mol. The Morgan fingerprint density at radius 1 is 1.21 bits per heavy atom. The first kappa shape index (κ1) is 20.4.